The molecule has 0 spiro atoms. The second kappa shape index (κ2) is 18.7. The van der Waals surface area contributed by atoms with Crippen LogP contribution in [0.15, 0.2) is 91.0 Å². The van der Waals surface area contributed by atoms with Crippen LogP contribution in [0.3, 0.4) is 0 Å². The first-order valence-electron chi connectivity index (χ1n) is 18.3. The molecular weight excluding hydrogens is 668 g/mol. The minimum atomic E-state index is -0.998. The van der Waals surface area contributed by atoms with Crippen molar-refractivity contribution in [3.05, 3.63) is 108 Å². The van der Waals surface area contributed by atoms with E-state index >= 15 is 0 Å². The van der Waals surface area contributed by atoms with Gasteiger partial charge in [0.05, 0.1) is 50.3 Å². The predicted molar refractivity (Wildman–Crippen MR) is 189 cm³/mol. The molecule has 282 valence electrons. The third-order valence-corrected chi connectivity index (χ3v) is 9.71. The lowest BCUT2D eigenvalue weighted by atomic mass is 9.99. The molecule has 0 aliphatic carbocycles. The van der Waals surface area contributed by atoms with Crippen LogP contribution in [0.5, 0.6) is 0 Å². The summed E-state index contributed by atoms with van der Waals surface area (Å²) in [6.07, 6.45) is -5.82. The van der Waals surface area contributed by atoms with Crippen molar-refractivity contribution in [2.24, 2.45) is 0 Å². The summed E-state index contributed by atoms with van der Waals surface area (Å²) < 4.78 is 56.8. The predicted octanol–water partition coefficient (Wildman–Crippen LogP) is 5.84. The second-order valence-corrected chi connectivity index (χ2v) is 13.8. The van der Waals surface area contributed by atoms with Gasteiger partial charge in [-0.2, -0.15) is 0 Å². The van der Waals surface area contributed by atoms with E-state index in [9.17, 15) is 9.90 Å². The van der Waals surface area contributed by atoms with Gasteiger partial charge in [0.1, 0.15) is 18.3 Å². The van der Waals surface area contributed by atoms with Crippen LogP contribution in [-0.2, 0) is 67.2 Å². The Morgan fingerprint density at radius 3 is 1.46 bits per heavy atom. The quantitative estimate of drug-likeness (QED) is 0.202. The number of carbonyl (C=O) groups is 1. The Bertz CT molecular complexity index is 1490. The molecule has 3 saturated heterocycles. The Morgan fingerprint density at radius 2 is 0.981 bits per heavy atom. The van der Waals surface area contributed by atoms with Crippen LogP contribution >= 0.6 is 0 Å². The standard InChI is InChI=1S/C41H52O11/c1-26-39(45-24-31-16-10-6-11-17-31)34(20-36(43)47-26)51-38-22-35(40(27(2)48-38)46-25-32-18-12-7-13-19-32)52-37-21-33(41(28(3)49-37)50-29(4)42)44-23-30-14-8-5-9-15-30/h5-19,26-28,33-41,43H,20-25H2,1-4H3/t26-,27-,28-,33+,34+,35+,36+,37-,38-,39-,40-,41-/m0/s1. The molecule has 1 N–H and O–H groups in total. The zero-order chi connectivity index (χ0) is 36.5. The summed E-state index contributed by atoms with van der Waals surface area (Å²) in [5, 5.41) is 10.6. The van der Waals surface area contributed by atoms with Crippen LogP contribution in [0.25, 0.3) is 0 Å². The lowest BCUT2D eigenvalue weighted by molar-refractivity contribution is -0.334. The van der Waals surface area contributed by atoms with Crippen LogP contribution in [0.4, 0.5) is 0 Å². The molecule has 0 unspecified atom stereocenters. The first-order chi connectivity index (χ1) is 25.2. The van der Waals surface area contributed by atoms with E-state index in [1.54, 1.807) is 0 Å². The first-order valence-corrected chi connectivity index (χ1v) is 18.3. The zero-order valence-corrected chi connectivity index (χ0v) is 30.4. The van der Waals surface area contributed by atoms with E-state index in [2.05, 4.69) is 0 Å². The van der Waals surface area contributed by atoms with Crippen LogP contribution in [-0.4, -0.2) is 84.9 Å². The smallest absolute Gasteiger partial charge is 0.303 e. The third-order valence-electron chi connectivity index (χ3n) is 9.71. The molecule has 0 amide bonds. The number of rotatable bonds is 14. The number of ether oxygens (including phenoxy) is 9. The number of aliphatic hydroxyl groups is 1. The van der Waals surface area contributed by atoms with E-state index in [1.165, 1.54) is 6.92 Å². The maximum absolute atomic E-state index is 12.1. The molecule has 0 radical (unpaired) electrons. The topological polar surface area (TPSA) is 120 Å². The van der Waals surface area contributed by atoms with Gasteiger partial charge in [0, 0.05) is 26.2 Å². The van der Waals surface area contributed by atoms with Crippen molar-refractivity contribution < 1.29 is 52.5 Å². The average molecular weight is 721 g/mol. The fourth-order valence-electron chi connectivity index (χ4n) is 7.17. The number of benzene rings is 3. The largest absolute Gasteiger partial charge is 0.457 e. The van der Waals surface area contributed by atoms with E-state index in [4.69, 9.17) is 42.6 Å². The van der Waals surface area contributed by atoms with Gasteiger partial charge in [-0.3, -0.25) is 4.79 Å². The minimum Gasteiger partial charge on any atom is -0.457 e. The van der Waals surface area contributed by atoms with Crippen molar-refractivity contribution in [2.75, 3.05) is 0 Å². The van der Waals surface area contributed by atoms with Gasteiger partial charge in [-0.25, -0.2) is 0 Å². The molecule has 3 aromatic carbocycles. The number of hydrogen-bond donors (Lipinski definition) is 1. The highest BCUT2D eigenvalue weighted by atomic mass is 16.7. The Morgan fingerprint density at radius 1 is 0.577 bits per heavy atom. The van der Waals surface area contributed by atoms with Crippen LogP contribution in [0, 0.1) is 0 Å². The van der Waals surface area contributed by atoms with E-state index in [-0.39, 0.29) is 6.42 Å². The average Bonchev–Trinajstić information content (AvgIpc) is 3.12. The van der Waals surface area contributed by atoms with Gasteiger partial charge in [-0.05, 0) is 37.5 Å². The molecule has 12 atom stereocenters. The molecule has 11 nitrogen and oxygen atoms in total. The summed E-state index contributed by atoms with van der Waals surface area (Å²) in [4.78, 5) is 12.1. The Balaban J connectivity index is 1.17. The number of carbonyl (C=O) groups excluding carboxylic acids is 1. The van der Waals surface area contributed by atoms with Crippen molar-refractivity contribution in [3.63, 3.8) is 0 Å². The highest BCUT2D eigenvalue weighted by molar-refractivity contribution is 5.66. The van der Waals surface area contributed by atoms with Gasteiger partial charge in [0.15, 0.2) is 25.0 Å². The lowest BCUT2D eigenvalue weighted by Gasteiger charge is -2.46. The summed E-state index contributed by atoms with van der Waals surface area (Å²) in [5.41, 5.74) is 3.06. The van der Waals surface area contributed by atoms with E-state index < -0.39 is 79.8 Å². The molecule has 6 rings (SSSR count). The summed E-state index contributed by atoms with van der Waals surface area (Å²) in [6.45, 7) is 8.14. The van der Waals surface area contributed by atoms with Gasteiger partial charge in [-0.15, -0.1) is 0 Å². The zero-order valence-electron chi connectivity index (χ0n) is 30.4. The number of esters is 1. The molecule has 3 aliphatic rings. The van der Waals surface area contributed by atoms with Gasteiger partial charge < -0.3 is 47.7 Å². The lowest BCUT2D eigenvalue weighted by Crippen LogP contribution is -2.56. The molecule has 3 aromatic rings. The van der Waals surface area contributed by atoms with Gasteiger partial charge in [0.25, 0.3) is 0 Å². The van der Waals surface area contributed by atoms with Crippen molar-refractivity contribution in [1.29, 1.82) is 0 Å². The molecule has 52 heavy (non-hydrogen) atoms. The van der Waals surface area contributed by atoms with Crippen molar-refractivity contribution in [1.82, 2.24) is 0 Å². The number of hydrogen-bond acceptors (Lipinski definition) is 11. The van der Waals surface area contributed by atoms with E-state index in [0.29, 0.717) is 32.7 Å². The van der Waals surface area contributed by atoms with Crippen LogP contribution in [0.2, 0.25) is 0 Å². The highest BCUT2D eigenvalue weighted by Crippen LogP contribution is 2.35. The molecule has 3 fully saturated rings. The SMILES string of the molecule is CC(=O)O[C@H]1[C@H](C)O[C@@H](O[C@@H]2C[C@H](O[C@@H]3C[C@H](O)O[C@@H](C)[C@@H]3OCc3ccccc3)O[C@@H](C)[C@@H]2OCc2ccccc2)C[C@H]1OCc1ccccc1. The molecule has 3 heterocycles. The Kier molecular flexibility index (Phi) is 13.8. The summed E-state index contributed by atoms with van der Waals surface area (Å²) in [5.74, 6) is -0.403. The van der Waals surface area contributed by atoms with Crippen molar-refractivity contribution in [2.45, 2.75) is 141 Å². The maximum Gasteiger partial charge on any atom is 0.303 e. The minimum absolute atomic E-state index is 0.221. The van der Waals surface area contributed by atoms with E-state index in [1.807, 2.05) is 112 Å². The van der Waals surface area contributed by atoms with Crippen molar-refractivity contribution >= 4 is 5.97 Å². The van der Waals surface area contributed by atoms with Gasteiger partial charge >= 0.3 is 5.97 Å². The monoisotopic (exact) mass is 720 g/mol. The van der Waals surface area contributed by atoms with Crippen LogP contribution in [0.1, 0.15) is 63.6 Å². The summed E-state index contributed by atoms with van der Waals surface area (Å²) >= 11 is 0. The van der Waals surface area contributed by atoms with Gasteiger partial charge in [0.2, 0.25) is 0 Å². The Hall–Kier alpha value is -3.23. The molecule has 3 aliphatic heterocycles. The maximum atomic E-state index is 12.1. The normalized spacial score (nSPS) is 33.7. The van der Waals surface area contributed by atoms with Crippen molar-refractivity contribution in [3.8, 4) is 0 Å². The molecular formula is C41H52O11. The summed E-state index contributed by atoms with van der Waals surface area (Å²) in [7, 11) is 0. The second-order valence-electron chi connectivity index (χ2n) is 13.8. The molecule has 0 bridgehead atoms. The van der Waals surface area contributed by atoms with Crippen LogP contribution < -0.4 is 0 Å². The first kappa shape index (κ1) is 38.5. The summed E-state index contributed by atoms with van der Waals surface area (Å²) in [6, 6.07) is 29.7. The third kappa shape index (κ3) is 10.7. The van der Waals surface area contributed by atoms with E-state index in [0.717, 1.165) is 16.7 Å². The van der Waals surface area contributed by atoms with Gasteiger partial charge in [-0.1, -0.05) is 91.0 Å². The fraction of sp³-hybridized carbons (Fsp3) is 0.537. The molecule has 0 saturated carbocycles. The number of aliphatic hydroxyl groups excluding tert-OH is 1. The highest BCUT2D eigenvalue weighted by Gasteiger charge is 2.46. The molecule has 0 aromatic heterocycles. The fourth-order valence-corrected chi connectivity index (χ4v) is 7.17. The molecule has 11 heteroatoms. The Labute approximate surface area is 306 Å².